The van der Waals surface area contributed by atoms with Crippen LogP contribution in [0.25, 0.3) is 0 Å². The lowest BCUT2D eigenvalue weighted by Gasteiger charge is -2.36. The summed E-state index contributed by atoms with van der Waals surface area (Å²) in [6.07, 6.45) is 0. The van der Waals surface area contributed by atoms with Crippen LogP contribution in [-0.2, 0) is 23.9 Å². The van der Waals surface area contributed by atoms with Gasteiger partial charge in [-0.05, 0) is 23.8 Å². The quantitative estimate of drug-likeness (QED) is 0.601. The van der Waals surface area contributed by atoms with Crippen molar-refractivity contribution in [2.24, 2.45) is 5.73 Å². The number of rotatable bonds is 6. The van der Waals surface area contributed by atoms with Gasteiger partial charge in [0.15, 0.2) is 0 Å². The summed E-state index contributed by atoms with van der Waals surface area (Å²) in [5, 5.41) is 12.7. The van der Waals surface area contributed by atoms with Crippen LogP contribution in [-0.4, -0.2) is 39.2 Å². The number of hydrogen-bond acceptors (Lipinski definition) is 9. The third-order valence-corrected chi connectivity index (χ3v) is 5.36. The van der Waals surface area contributed by atoms with Crippen LogP contribution < -0.4 is 20.7 Å². The topological polar surface area (TPSA) is 144 Å². The van der Waals surface area contributed by atoms with Crippen molar-refractivity contribution in [1.82, 2.24) is 0 Å². The van der Waals surface area contributed by atoms with Gasteiger partial charge in [-0.2, -0.15) is 5.26 Å². The zero-order valence-electron chi connectivity index (χ0n) is 19.6. The summed E-state index contributed by atoms with van der Waals surface area (Å²) >= 11 is 0. The SMILES string of the molecule is COC(=O)C1=C(C(=O)OC)N(c2ccc(OC)c(NC(C)=O)c2)C(N)=C(C#N)C1c1ccccc1. The lowest BCUT2D eigenvalue weighted by Crippen LogP contribution is -2.40. The summed E-state index contributed by atoms with van der Waals surface area (Å²) in [5.74, 6) is -2.78. The Labute approximate surface area is 202 Å². The molecule has 3 N–H and O–H groups in total. The highest BCUT2D eigenvalue weighted by Gasteiger charge is 2.43. The van der Waals surface area contributed by atoms with Gasteiger partial charge in [0.2, 0.25) is 5.91 Å². The Balaban J connectivity index is 2.39. The number of methoxy groups -OCH3 is 3. The molecule has 2 aromatic carbocycles. The largest absolute Gasteiger partial charge is 0.495 e. The van der Waals surface area contributed by atoms with Crippen LogP contribution in [0, 0.1) is 11.3 Å². The van der Waals surface area contributed by atoms with Crippen molar-refractivity contribution in [1.29, 1.82) is 5.26 Å². The summed E-state index contributed by atoms with van der Waals surface area (Å²) in [6.45, 7) is 1.33. The molecule has 10 heteroatoms. The number of allylic oxidation sites excluding steroid dienone is 1. The number of ether oxygens (including phenoxy) is 3. The molecule has 1 atom stereocenters. The second kappa shape index (κ2) is 10.4. The van der Waals surface area contributed by atoms with Gasteiger partial charge in [-0.15, -0.1) is 0 Å². The Bertz CT molecular complexity index is 1280. The molecule has 3 rings (SSSR count). The number of esters is 2. The van der Waals surface area contributed by atoms with Crippen LogP contribution in [0.3, 0.4) is 0 Å². The number of amides is 1. The zero-order chi connectivity index (χ0) is 25.7. The standard InChI is InChI=1S/C25H24N4O6/c1-14(30)28-18-12-16(10-11-19(18)33-2)29-22(25(32)35-4)21(24(31)34-3)20(17(13-26)23(29)27)15-8-6-5-7-9-15/h5-12,20H,27H2,1-4H3,(H,28,30). The number of benzene rings is 2. The fourth-order valence-electron chi connectivity index (χ4n) is 3.90. The third-order valence-electron chi connectivity index (χ3n) is 5.36. The highest BCUT2D eigenvalue weighted by atomic mass is 16.5. The summed E-state index contributed by atoms with van der Waals surface area (Å²) < 4.78 is 15.3. The van der Waals surface area contributed by atoms with Gasteiger partial charge in [-0.1, -0.05) is 30.3 Å². The maximum Gasteiger partial charge on any atom is 0.355 e. The molecule has 1 aliphatic rings. The molecule has 1 unspecified atom stereocenters. The van der Waals surface area contributed by atoms with E-state index in [4.69, 9.17) is 19.9 Å². The predicted molar refractivity (Wildman–Crippen MR) is 127 cm³/mol. The minimum atomic E-state index is -0.980. The Hall–Kier alpha value is -4.78. The number of nitrogens with zero attached hydrogens (tertiary/aromatic N) is 2. The second-order valence-electron chi connectivity index (χ2n) is 7.40. The van der Waals surface area contributed by atoms with Crippen LogP contribution in [0.15, 0.2) is 71.2 Å². The Morgan fingerprint density at radius 3 is 2.23 bits per heavy atom. The van der Waals surface area contributed by atoms with Crippen LogP contribution in [0.5, 0.6) is 5.75 Å². The van der Waals surface area contributed by atoms with E-state index in [1.165, 1.54) is 32.1 Å². The van der Waals surface area contributed by atoms with Gasteiger partial charge in [0.1, 0.15) is 17.3 Å². The number of anilines is 2. The summed E-state index contributed by atoms with van der Waals surface area (Å²) in [6, 6.07) is 15.4. The highest BCUT2D eigenvalue weighted by Crippen LogP contribution is 2.44. The fourth-order valence-corrected chi connectivity index (χ4v) is 3.90. The van der Waals surface area contributed by atoms with Crippen molar-refractivity contribution in [3.63, 3.8) is 0 Å². The average Bonchev–Trinajstić information content (AvgIpc) is 2.87. The maximum absolute atomic E-state index is 13.1. The zero-order valence-corrected chi connectivity index (χ0v) is 19.6. The first-order valence-electron chi connectivity index (χ1n) is 10.4. The van der Waals surface area contributed by atoms with E-state index in [0.29, 0.717) is 11.3 Å². The molecule has 10 nitrogen and oxygen atoms in total. The minimum absolute atomic E-state index is 0.0288. The molecule has 180 valence electrons. The Morgan fingerprint density at radius 2 is 1.69 bits per heavy atom. The molecular formula is C25H24N4O6. The Kier molecular flexibility index (Phi) is 7.41. The number of nitriles is 1. The number of hydrogen-bond donors (Lipinski definition) is 2. The molecule has 0 saturated heterocycles. The van der Waals surface area contributed by atoms with E-state index in [-0.39, 0.29) is 39.9 Å². The molecule has 0 radical (unpaired) electrons. The van der Waals surface area contributed by atoms with E-state index >= 15 is 0 Å². The van der Waals surface area contributed by atoms with Crippen LogP contribution >= 0.6 is 0 Å². The van der Waals surface area contributed by atoms with E-state index in [1.54, 1.807) is 42.5 Å². The molecule has 1 amide bonds. The van der Waals surface area contributed by atoms with E-state index in [1.807, 2.05) is 0 Å². The van der Waals surface area contributed by atoms with Crippen molar-refractivity contribution >= 4 is 29.2 Å². The van der Waals surface area contributed by atoms with Crippen molar-refractivity contribution in [3.05, 3.63) is 76.8 Å². The molecule has 1 heterocycles. The molecule has 0 bridgehead atoms. The van der Waals surface area contributed by atoms with Crippen LogP contribution in [0.2, 0.25) is 0 Å². The molecule has 0 spiro atoms. The third kappa shape index (κ3) is 4.65. The summed E-state index contributed by atoms with van der Waals surface area (Å²) in [4.78, 5) is 39.1. The Morgan fingerprint density at radius 1 is 1.03 bits per heavy atom. The van der Waals surface area contributed by atoms with Crippen molar-refractivity contribution in [3.8, 4) is 11.8 Å². The average molecular weight is 476 g/mol. The van der Waals surface area contributed by atoms with E-state index in [0.717, 1.165) is 7.11 Å². The fraction of sp³-hybridized carbons (Fsp3) is 0.200. The smallest absolute Gasteiger partial charge is 0.355 e. The van der Waals surface area contributed by atoms with E-state index in [9.17, 15) is 19.6 Å². The second-order valence-corrected chi connectivity index (χ2v) is 7.40. The van der Waals surface area contributed by atoms with E-state index < -0.39 is 17.9 Å². The highest BCUT2D eigenvalue weighted by molar-refractivity contribution is 6.06. The van der Waals surface area contributed by atoms with Crippen molar-refractivity contribution in [2.75, 3.05) is 31.5 Å². The van der Waals surface area contributed by atoms with Gasteiger partial charge >= 0.3 is 11.9 Å². The molecule has 0 saturated carbocycles. The predicted octanol–water partition coefficient (Wildman–Crippen LogP) is 2.55. The minimum Gasteiger partial charge on any atom is -0.495 e. The van der Waals surface area contributed by atoms with Crippen molar-refractivity contribution < 1.29 is 28.6 Å². The number of carbonyl (C=O) groups is 3. The maximum atomic E-state index is 13.1. The number of nitrogens with two attached hydrogens (primary N) is 1. The lowest BCUT2D eigenvalue weighted by atomic mass is 9.81. The van der Waals surface area contributed by atoms with Crippen LogP contribution in [0.1, 0.15) is 18.4 Å². The van der Waals surface area contributed by atoms with Gasteiger partial charge in [-0.25, -0.2) is 9.59 Å². The molecule has 1 aliphatic heterocycles. The van der Waals surface area contributed by atoms with Gasteiger partial charge < -0.3 is 25.3 Å². The molecule has 0 aromatic heterocycles. The molecule has 0 aliphatic carbocycles. The van der Waals surface area contributed by atoms with Gasteiger partial charge in [0.05, 0.1) is 55.8 Å². The van der Waals surface area contributed by atoms with Crippen molar-refractivity contribution in [2.45, 2.75) is 12.8 Å². The van der Waals surface area contributed by atoms with Crippen LogP contribution in [0.4, 0.5) is 11.4 Å². The number of nitrogens with one attached hydrogen (secondary N) is 1. The van der Waals surface area contributed by atoms with Gasteiger partial charge in [-0.3, -0.25) is 9.69 Å². The first kappa shape index (κ1) is 24.9. The first-order valence-corrected chi connectivity index (χ1v) is 10.4. The molecule has 35 heavy (non-hydrogen) atoms. The molecular weight excluding hydrogens is 452 g/mol. The number of carbonyl (C=O) groups excluding carboxylic acids is 3. The first-order chi connectivity index (χ1) is 16.8. The normalized spacial score (nSPS) is 15.3. The van der Waals surface area contributed by atoms with Gasteiger partial charge in [0.25, 0.3) is 0 Å². The summed E-state index contributed by atoms with van der Waals surface area (Å²) in [5.41, 5.74) is 7.28. The molecule has 0 fully saturated rings. The van der Waals surface area contributed by atoms with E-state index in [2.05, 4.69) is 11.4 Å². The van der Waals surface area contributed by atoms with Gasteiger partial charge in [0, 0.05) is 6.92 Å². The molecule has 2 aromatic rings. The monoisotopic (exact) mass is 476 g/mol. The summed E-state index contributed by atoms with van der Waals surface area (Å²) in [7, 11) is 3.77. The lowest BCUT2D eigenvalue weighted by molar-refractivity contribution is -0.139.